The highest BCUT2D eigenvalue weighted by Crippen LogP contribution is 2.26. The number of hydrogen-bond acceptors (Lipinski definition) is 5. The van der Waals surface area contributed by atoms with Gasteiger partial charge < -0.3 is 10.1 Å². The average Bonchev–Trinajstić information content (AvgIpc) is 2.85. The SMILES string of the molecule is CCCN1CCOC(c2ncc(CNC(C)(C)C)s2)C1. The molecule has 0 saturated carbocycles. The summed E-state index contributed by atoms with van der Waals surface area (Å²) < 4.78 is 5.89. The number of hydrogen-bond donors (Lipinski definition) is 1. The van der Waals surface area contributed by atoms with Crippen LogP contribution in [-0.2, 0) is 11.3 Å². The summed E-state index contributed by atoms with van der Waals surface area (Å²) in [6.07, 6.45) is 3.34. The van der Waals surface area contributed by atoms with Crippen LogP contribution >= 0.6 is 11.3 Å². The Morgan fingerprint density at radius 1 is 1.50 bits per heavy atom. The van der Waals surface area contributed by atoms with Gasteiger partial charge in [-0.2, -0.15) is 0 Å². The zero-order chi connectivity index (χ0) is 14.6. The van der Waals surface area contributed by atoms with E-state index in [0.717, 1.165) is 37.8 Å². The minimum Gasteiger partial charge on any atom is -0.368 e. The summed E-state index contributed by atoms with van der Waals surface area (Å²) in [5.41, 5.74) is 0.142. The lowest BCUT2D eigenvalue weighted by Crippen LogP contribution is -2.38. The number of nitrogens with zero attached hydrogens (tertiary/aromatic N) is 2. The van der Waals surface area contributed by atoms with E-state index in [1.54, 1.807) is 11.3 Å². The molecule has 0 aromatic carbocycles. The van der Waals surface area contributed by atoms with Gasteiger partial charge in [0.1, 0.15) is 11.1 Å². The quantitative estimate of drug-likeness (QED) is 0.907. The zero-order valence-corrected chi connectivity index (χ0v) is 13.9. The highest BCUT2D eigenvalue weighted by atomic mass is 32.1. The highest BCUT2D eigenvalue weighted by molar-refractivity contribution is 7.11. The van der Waals surface area contributed by atoms with E-state index >= 15 is 0 Å². The van der Waals surface area contributed by atoms with Crippen LogP contribution in [0.4, 0.5) is 0 Å². The normalized spacial score (nSPS) is 21.3. The Morgan fingerprint density at radius 3 is 3.00 bits per heavy atom. The predicted molar refractivity (Wildman–Crippen MR) is 84.1 cm³/mol. The van der Waals surface area contributed by atoms with E-state index in [9.17, 15) is 0 Å². The summed E-state index contributed by atoms with van der Waals surface area (Å²) in [6.45, 7) is 13.7. The van der Waals surface area contributed by atoms with E-state index in [0.29, 0.717) is 0 Å². The van der Waals surface area contributed by atoms with Crippen LogP contribution in [0, 0.1) is 0 Å². The molecule has 5 heteroatoms. The summed E-state index contributed by atoms with van der Waals surface area (Å²) in [7, 11) is 0. The van der Waals surface area contributed by atoms with Gasteiger partial charge in [-0.1, -0.05) is 6.92 Å². The summed E-state index contributed by atoms with van der Waals surface area (Å²) in [5, 5.41) is 4.62. The monoisotopic (exact) mass is 297 g/mol. The first-order valence-electron chi connectivity index (χ1n) is 7.51. The predicted octanol–water partition coefficient (Wildman–Crippen LogP) is 2.81. The Bertz CT molecular complexity index is 411. The number of rotatable bonds is 5. The Kier molecular flexibility index (Phi) is 5.55. The lowest BCUT2D eigenvalue weighted by molar-refractivity contribution is -0.0299. The number of aromatic nitrogens is 1. The molecule has 1 N–H and O–H groups in total. The maximum absolute atomic E-state index is 5.89. The fraction of sp³-hybridized carbons (Fsp3) is 0.800. The topological polar surface area (TPSA) is 37.4 Å². The molecular weight excluding hydrogens is 270 g/mol. The van der Waals surface area contributed by atoms with Gasteiger partial charge in [0.15, 0.2) is 0 Å². The van der Waals surface area contributed by atoms with Crippen molar-refractivity contribution in [3.05, 3.63) is 16.1 Å². The van der Waals surface area contributed by atoms with E-state index < -0.39 is 0 Å². The van der Waals surface area contributed by atoms with E-state index in [1.165, 1.54) is 11.3 Å². The van der Waals surface area contributed by atoms with Gasteiger partial charge in [-0.3, -0.25) is 4.90 Å². The average molecular weight is 297 g/mol. The summed E-state index contributed by atoms with van der Waals surface area (Å²) in [6, 6.07) is 0. The zero-order valence-electron chi connectivity index (χ0n) is 13.1. The maximum Gasteiger partial charge on any atom is 0.123 e. The summed E-state index contributed by atoms with van der Waals surface area (Å²) >= 11 is 1.77. The van der Waals surface area contributed by atoms with Gasteiger partial charge in [-0.05, 0) is 33.7 Å². The highest BCUT2D eigenvalue weighted by Gasteiger charge is 2.24. The van der Waals surface area contributed by atoms with Crippen LogP contribution in [0.3, 0.4) is 0 Å². The Hall–Kier alpha value is -0.490. The molecule has 114 valence electrons. The first-order chi connectivity index (χ1) is 9.48. The van der Waals surface area contributed by atoms with E-state index in [1.807, 2.05) is 6.20 Å². The van der Waals surface area contributed by atoms with E-state index in [-0.39, 0.29) is 11.6 Å². The van der Waals surface area contributed by atoms with Crippen molar-refractivity contribution in [1.82, 2.24) is 15.2 Å². The van der Waals surface area contributed by atoms with Crippen LogP contribution < -0.4 is 5.32 Å². The van der Waals surface area contributed by atoms with Gasteiger partial charge in [0.05, 0.1) is 6.61 Å². The van der Waals surface area contributed by atoms with Crippen LogP contribution in [-0.4, -0.2) is 41.7 Å². The molecule has 1 fully saturated rings. The first-order valence-corrected chi connectivity index (χ1v) is 8.33. The molecule has 1 aliphatic heterocycles. The molecule has 4 nitrogen and oxygen atoms in total. The van der Waals surface area contributed by atoms with Gasteiger partial charge in [-0.25, -0.2) is 4.98 Å². The summed E-state index contributed by atoms with van der Waals surface area (Å²) in [5.74, 6) is 0. The van der Waals surface area contributed by atoms with Crippen LogP contribution in [0.25, 0.3) is 0 Å². The molecule has 0 amide bonds. The van der Waals surface area contributed by atoms with Crippen molar-refractivity contribution < 1.29 is 4.74 Å². The minimum atomic E-state index is 0.142. The first kappa shape index (κ1) is 15.9. The summed E-state index contributed by atoms with van der Waals surface area (Å²) in [4.78, 5) is 8.32. The van der Waals surface area contributed by atoms with Gasteiger partial charge in [0.25, 0.3) is 0 Å². The fourth-order valence-electron chi connectivity index (χ4n) is 2.28. The second-order valence-corrected chi connectivity index (χ2v) is 7.58. The maximum atomic E-state index is 5.89. The molecule has 1 unspecified atom stereocenters. The van der Waals surface area contributed by atoms with Crippen LogP contribution in [0.2, 0.25) is 0 Å². The molecule has 1 aliphatic rings. The molecule has 0 radical (unpaired) electrons. The van der Waals surface area contributed by atoms with Crippen LogP contribution in [0.5, 0.6) is 0 Å². The molecule has 0 bridgehead atoms. The van der Waals surface area contributed by atoms with Crippen molar-refractivity contribution >= 4 is 11.3 Å². The van der Waals surface area contributed by atoms with Crippen molar-refractivity contribution in [2.45, 2.75) is 52.3 Å². The van der Waals surface area contributed by atoms with Crippen molar-refractivity contribution in [1.29, 1.82) is 0 Å². The molecule has 1 aromatic heterocycles. The number of nitrogens with one attached hydrogen (secondary N) is 1. The third kappa shape index (κ3) is 4.81. The minimum absolute atomic E-state index is 0.142. The number of morpholine rings is 1. The smallest absolute Gasteiger partial charge is 0.123 e. The Labute approximate surface area is 126 Å². The van der Waals surface area contributed by atoms with Gasteiger partial charge >= 0.3 is 0 Å². The molecule has 1 aromatic rings. The molecule has 1 saturated heterocycles. The van der Waals surface area contributed by atoms with Crippen molar-refractivity contribution in [3.63, 3.8) is 0 Å². The van der Waals surface area contributed by atoms with Crippen molar-refractivity contribution in [2.75, 3.05) is 26.2 Å². The Balaban J connectivity index is 1.91. The fourth-order valence-corrected chi connectivity index (χ4v) is 3.17. The van der Waals surface area contributed by atoms with E-state index in [2.05, 4.69) is 42.9 Å². The molecule has 2 rings (SSSR count). The van der Waals surface area contributed by atoms with Crippen molar-refractivity contribution in [3.8, 4) is 0 Å². The van der Waals surface area contributed by atoms with Gasteiger partial charge in [0, 0.05) is 36.2 Å². The second-order valence-electron chi connectivity index (χ2n) is 6.43. The molecule has 0 spiro atoms. The van der Waals surface area contributed by atoms with Crippen LogP contribution in [0.15, 0.2) is 6.20 Å². The second kappa shape index (κ2) is 6.98. The van der Waals surface area contributed by atoms with Crippen molar-refractivity contribution in [2.24, 2.45) is 0 Å². The molecule has 20 heavy (non-hydrogen) atoms. The van der Waals surface area contributed by atoms with Crippen LogP contribution in [0.1, 0.15) is 50.1 Å². The third-order valence-corrected chi connectivity index (χ3v) is 4.42. The Morgan fingerprint density at radius 2 is 2.30 bits per heavy atom. The number of thiazole rings is 1. The molecule has 2 heterocycles. The van der Waals surface area contributed by atoms with Gasteiger partial charge in [0.2, 0.25) is 0 Å². The number of ether oxygens (including phenoxy) is 1. The van der Waals surface area contributed by atoms with E-state index in [4.69, 9.17) is 4.74 Å². The lowest BCUT2D eigenvalue weighted by atomic mass is 10.1. The third-order valence-electron chi connectivity index (χ3n) is 3.33. The largest absolute Gasteiger partial charge is 0.368 e. The standard InChI is InChI=1S/C15H27N3OS/c1-5-6-18-7-8-19-13(11-18)14-16-9-12(20-14)10-17-15(2,3)4/h9,13,17H,5-8,10-11H2,1-4H3. The lowest BCUT2D eigenvalue weighted by Gasteiger charge is -2.31. The molecular formula is C15H27N3OS. The molecule has 0 aliphatic carbocycles. The molecule has 1 atom stereocenters. The van der Waals surface area contributed by atoms with Gasteiger partial charge in [-0.15, -0.1) is 11.3 Å².